The third-order valence-corrected chi connectivity index (χ3v) is 2.58. The van der Waals surface area contributed by atoms with Crippen molar-refractivity contribution in [1.29, 1.82) is 0 Å². The minimum atomic E-state index is -1.60. The van der Waals surface area contributed by atoms with Crippen LogP contribution in [0.3, 0.4) is 0 Å². The van der Waals surface area contributed by atoms with Gasteiger partial charge in [-0.3, -0.25) is 0 Å². The molecule has 7 heteroatoms. The smallest absolute Gasteiger partial charge is 0.178 e. The first-order valence-electron chi connectivity index (χ1n) is 5.30. The lowest BCUT2D eigenvalue weighted by Crippen LogP contribution is -2.27. The molecule has 1 atom stereocenters. The number of hydrogen-bond donors (Lipinski definition) is 1. The van der Waals surface area contributed by atoms with Gasteiger partial charge in [0.25, 0.3) is 0 Å². The maximum atomic E-state index is 13.6. The second-order valence-electron chi connectivity index (χ2n) is 4.25. The van der Waals surface area contributed by atoms with Gasteiger partial charge in [-0.1, -0.05) is 12.1 Å². The molecule has 1 aromatic carbocycles. The van der Waals surface area contributed by atoms with Gasteiger partial charge in [0, 0.05) is 12.0 Å². The summed E-state index contributed by atoms with van der Waals surface area (Å²) < 4.78 is 26.7. The van der Waals surface area contributed by atoms with E-state index in [4.69, 9.17) is 0 Å². The van der Waals surface area contributed by atoms with E-state index in [2.05, 4.69) is 15.4 Å². The standard InChI is InChI=1S/C11H12F2N4O/c1-11(18,6-9-14-16-17(2)15-9)7-4-3-5-8(12)10(7)13/h3-5,18H,6H2,1-2H3. The molecule has 1 aromatic heterocycles. The van der Waals surface area contributed by atoms with E-state index in [0.717, 1.165) is 6.07 Å². The number of aliphatic hydroxyl groups is 1. The monoisotopic (exact) mass is 254 g/mol. The van der Waals surface area contributed by atoms with Crippen LogP contribution in [0.2, 0.25) is 0 Å². The van der Waals surface area contributed by atoms with Crippen LogP contribution in [0.4, 0.5) is 8.78 Å². The van der Waals surface area contributed by atoms with Crippen LogP contribution >= 0.6 is 0 Å². The summed E-state index contributed by atoms with van der Waals surface area (Å²) in [5.41, 5.74) is -1.73. The van der Waals surface area contributed by atoms with Gasteiger partial charge in [0.1, 0.15) is 0 Å². The number of rotatable bonds is 3. The predicted molar refractivity (Wildman–Crippen MR) is 58.4 cm³/mol. The Bertz CT molecular complexity index is 568. The van der Waals surface area contributed by atoms with E-state index < -0.39 is 17.2 Å². The lowest BCUT2D eigenvalue weighted by Gasteiger charge is -2.22. The molecule has 2 aromatic rings. The van der Waals surface area contributed by atoms with Crippen LogP contribution in [0.25, 0.3) is 0 Å². The van der Waals surface area contributed by atoms with Crippen LogP contribution in [-0.2, 0) is 19.1 Å². The highest BCUT2D eigenvalue weighted by atomic mass is 19.2. The summed E-state index contributed by atoms with van der Waals surface area (Å²) in [7, 11) is 1.58. The molecule has 2 rings (SSSR count). The second-order valence-corrected chi connectivity index (χ2v) is 4.25. The summed E-state index contributed by atoms with van der Waals surface area (Å²) in [6.07, 6.45) is -0.0544. The number of benzene rings is 1. The average Bonchev–Trinajstić information content (AvgIpc) is 2.67. The van der Waals surface area contributed by atoms with Crippen molar-refractivity contribution in [1.82, 2.24) is 20.2 Å². The van der Waals surface area contributed by atoms with Gasteiger partial charge in [-0.15, -0.1) is 10.2 Å². The van der Waals surface area contributed by atoms with Gasteiger partial charge in [-0.2, -0.15) is 4.80 Å². The number of tetrazole rings is 1. The van der Waals surface area contributed by atoms with Crippen LogP contribution in [0.1, 0.15) is 18.3 Å². The molecule has 1 unspecified atom stereocenters. The molecule has 1 heterocycles. The summed E-state index contributed by atoms with van der Waals surface area (Å²) >= 11 is 0. The summed E-state index contributed by atoms with van der Waals surface area (Å²) in [6, 6.07) is 3.66. The third kappa shape index (κ3) is 2.35. The van der Waals surface area contributed by atoms with E-state index in [1.165, 1.54) is 23.9 Å². The zero-order valence-corrected chi connectivity index (χ0v) is 9.93. The Morgan fingerprint density at radius 2 is 2.11 bits per heavy atom. The van der Waals surface area contributed by atoms with Gasteiger partial charge in [0.05, 0.1) is 12.6 Å². The second kappa shape index (κ2) is 4.41. The Morgan fingerprint density at radius 3 is 2.72 bits per heavy atom. The molecule has 0 aliphatic rings. The molecule has 0 fully saturated rings. The lowest BCUT2D eigenvalue weighted by atomic mass is 9.91. The maximum absolute atomic E-state index is 13.6. The van der Waals surface area contributed by atoms with Crippen molar-refractivity contribution in [3.8, 4) is 0 Å². The lowest BCUT2D eigenvalue weighted by molar-refractivity contribution is 0.0508. The van der Waals surface area contributed by atoms with Gasteiger partial charge < -0.3 is 5.11 Å². The molecule has 0 aliphatic carbocycles. The molecule has 0 amide bonds. The minimum absolute atomic E-state index is 0.0544. The van der Waals surface area contributed by atoms with Gasteiger partial charge in [-0.05, 0) is 18.2 Å². The van der Waals surface area contributed by atoms with E-state index in [1.54, 1.807) is 7.05 Å². The van der Waals surface area contributed by atoms with Crippen LogP contribution < -0.4 is 0 Å². The van der Waals surface area contributed by atoms with Crippen molar-refractivity contribution in [3.63, 3.8) is 0 Å². The molecule has 5 nitrogen and oxygen atoms in total. The van der Waals surface area contributed by atoms with Gasteiger partial charge in [-0.25, -0.2) is 8.78 Å². The highest BCUT2D eigenvalue weighted by Crippen LogP contribution is 2.27. The number of halogens is 2. The Hall–Kier alpha value is -1.89. The first-order chi connectivity index (χ1) is 8.40. The minimum Gasteiger partial charge on any atom is -0.385 e. The summed E-state index contributed by atoms with van der Waals surface area (Å²) in [5, 5.41) is 21.4. The zero-order chi connectivity index (χ0) is 13.3. The molecule has 96 valence electrons. The van der Waals surface area contributed by atoms with Crippen LogP contribution in [0.5, 0.6) is 0 Å². The summed E-state index contributed by atoms with van der Waals surface area (Å²) in [5.74, 6) is -1.81. The molecule has 0 saturated heterocycles. The number of aromatic nitrogens is 4. The van der Waals surface area contributed by atoms with Crippen molar-refractivity contribution in [3.05, 3.63) is 41.2 Å². The summed E-state index contributed by atoms with van der Waals surface area (Å²) in [6.45, 7) is 1.38. The van der Waals surface area contributed by atoms with E-state index in [-0.39, 0.29) is 17.8 Å². The topological polar surface area (TPSA) is 63.8 Å². The molecule has 0 saturated carbocycles. The third-order valence-electron chi connectivity index (χ3n) is 2.58. The largest absolute Gasteiger partial charge is 0.385 e. The molecular formula is C11H12F2N4O. The summed E-state index contributed by atoms with van der Waals surface area (Å²) in [4.78, 5) is 1.23. The van der Waals surface area contributed by atoms with Gasteiger partial charge >= 0.3 is 0 Å². The Kier molecular flexibility index (Phi) is 3.08. The highest BCUT2D eigenvalue weighted by molar-refractivity contribution is 5.25. The van der Waals surface area contributed by atoms with Crippen LogP contribution in [0, 0.1) is 11.6 Å². The first kappa shape index (κ1) is 12.6. The molecule has 0 aliphatic heterocycles. The average molecular weight is 254 g/mol. The predicted octanol–water partition coefficient (Wildman–Crippen LogP) is 0.939. The number of aryl methyl sites for hydroxylation is 1. The van der Waals surface area contributed by atoms with Crippen LogP contribution in [-0.4, -0.2) is 25.3 Å². The van der Waals surface area contributed by atoms with Crippen molar-refractivity contribution in [2.24, 2.45) is 7.05 Å². The fraction of sp³-hybridized carbons (Fsp3) is 0.364. The Balaban J connectivity index is 2.33. The van der Waals surface area contributed by atoms with E-state index >= 15 is 0 Å². The van der Waals surface area contributed by atoms with E-state index in [1.807, 2.05) is 0 Å². The Morgan fingerprint density at radius 1 is 1.39 bits per heavy atom. The van der Waals surface area contributed by atoms with Crippen molar-refractivity contribution >= 4 is 0 Å². The zero-order valence-electron chi connectivity index (χ0n) is 9.93. The van der Waals surface area contributed by atoms with Crippen molar-refractivity contribution in [2.75, 3.05) is 0 Å². The fourth-order valence-electron chi connectivity index (χ4n) is 1.72. The van der Waals surface area contributed by atoms with Gasteiger partial charge in [0.2, 0.25) is 0 Å². The van der Waals surface area contributed by atoms with Gasteiger partial charge in [0.15, 0.2) is 17.5 Å². The van der Waals surface area contributed by atoms with E-state index in [9.17, 15) is 13.9 Å². The number of nitrogens with zero attached hydrogens (tertiary/aromatic N) is 4. The normalized spacial score (nSPS) is 14.5. The van der Waals surface area contributed by atoms with Crippen LogP contribution in [0.15, 0.2) is 18.2 Å². The molecule has 18 heavy (non-hydrogen) atoms. The SMILES string of the molecule is Cn1nnc(CC(C)(O)c2cccc(F)c2F)n1. The maximum Gasteiger partial charge on any atom is 0.178 e. The Labute approximate surface area is 102 Å². The number of hydrogen-bond acceptors (Lipinski definition) is 4. The highest BCUT2D eigenvalue weighted by Gasteiger charge is 2.30. The van der Waals surface area contributed by atoms with E-state index in [0.29, 0.717) is 0 Å². The fourth-order valence-corrected chi connectivity index (χ4v) is 1.72. The molecule has 0 spiro atoms. The molecule has 1 N–H and O–H groups in total. The molecular weight excluding hydrogens is 242 g/mol. The first-order valence-corrected chi connectivity index (χ1v) is 5.30. The van der Waals surface area contributed by atoms with Crippen molar-refractivity contribution < 1.29 is 13.9 Å². The molecule has 0 radical (unpaired) electrons. The van der Waals surface area contributed by atoms with Crippen molar-refractivity contribution in [2.45, 2.75) is 18.9 Å². The quantitative estimate of drug-likeness (QED) is 0.885. The molecule has 0 bridgehead atoms.